The summed E-state index contributed by atoms with van der Waals surface area (Å²) in [5, 5.41) is 14.6. The van der Waals surface area contributed by atoms with Gasteiger partial charge in [0.05, 0.1) is 43.0 Å². The van der Waals surface area contributed by atoms with Crippen molar-refractivity contribution in [3.63, 3.8) is 0 Å². The summed E-state index contributed by atoms with van der Waals surface area (Å²) < 4.78 is 8.04. The number of ether oxygens (including phenoxy) is 1. The first-order chi connectivity index (χ1) is 29.7. The first kappa shape index (κ1) is 51.3. The number of carbonyl (C=O) groups is 2. The molecule has 62 heavy (non-hydrogen) atoms. The molecule has 6 aromatic carbocycles. The van der Waals surface area contributed by atoms with Gasteiger partial charge in [-0.1, -0.05) is 137 Å². The van der Waals surface area contributed by atoms with E-state index in [1.165, 1.54) is 18.9 Å². The van der Waals surface area contributed by atoms with Gasteiger partial charge in [0.25, 0.3) is 5.91 Å². The average Bonchev–Trinajstić information content (AvgIpc) is 3.82. The Morgan fingerprint density at radius 2 is 1.19 bits per heavy atom. The van der Waals surface area contributed by atoms with E-state index in [0.29, 0.717) is 36.3 Å². The second-order valence-corrected chi connectivity index (χ2v) is 18.4. The molecular formula is C47H39Br4Cl4N3O4. The molecule has 1 amide bonds. The van der Waals surface area contributed by atoms with E-state index in [2.05, 4.69) is 93.9 Å². The molecule has 0 saturated carbocycles. The Morgan fingerprint density at radius 3 is 1.68 bits per heavy atom. The highest BCUT2D eigenvalue weighted by Crippen LogP contribution is 2.35. The number of hydrogen-bond acceptors (Lipinski definition) is 5. The number of carboxylic acids is 1. The van der Waals surface area contributed by atoms with Crippen LogP contribution < -0.4 is 5.32 Å². The van der Waals surface area contributed by atoms with Crippen LogP contribution in [0, 0.1) is 0 Å². The molecule has 0 unspecified atom stereocenters. The summed E-state index contributed by atoms with van der Waals surface area (Å²) in [7, 11) is 0. The summed E-state index contributed by atoms with van der Waals surface area (Å²) in [4.78, 5) is 32.0. The van der Waals surface area contributed by atoms with Gasteiger partial charge in [-0.3, -0.25) is 4.79 Å². The standard InChI is InChI=1S/C17H14BrClN2.C13H9BrClNO.C7H4BrClO2.C6H4BrCl.C4H8O/c1-10(2)16-11-6-3-4-9-14(11)20-17(21-16)15-12(18)7-5-8-13(15)19;14-10-7-4-8-11(15)12(10)13(17)16-9-5-2-1-3-6-9;8-4-2-1-3-5(9)6(4)7(10)11;7-5-2-1-3-6(8)4-5;1-2-4-5-3-1/h3-10H,1-2H3;1-8H,(H,16,17);1-3H,(H,10,11);1-4H;1-4H2. The zero-order valence-corrected chi connectivity index (χ0v) is 42.6. The molecule has 0 radical (unpaired) electrons. The summed E-state index contributed by atoms with van der Waals surface area (Å²) in [6.45, 7) is 6.28. The van der Waals surface area contributed by atoms with Gasteiger partial charge in [0.1, 0.15) is 0 Å². The van der Waals surface area contributed by atoms with Crippen molar-refractivity contribution < 1.29 is 19.4 Å². The van der Waals surface area contributed by atoms with E-state index in [-0.39, 0.29) is 16.5 Å². The van der Waals surface area contributed by atoms with Crippen LogP contribution in [0.3, 0.4) is 0 Å². The summed E-state index contributed by atoms with van der Waals surface area (Å²) in [5.74, 6) is -0.274. The quantitative estimate of drug-likeness (QED) is 0.178. The molecule has 1 saturated heterocycles. The number of carbonyl (C=O) groups excluding carboxylic acids is 1. The molecule has 1 aliphatic rings. The normalized spacial score (nSPS) is 11.4. The fourth-order valence-electron chi connectivity index (χ4n) is 5.47. The van der Waals surface area contributed by atoms with Gasteiger partial charge in [-0.25, -0.2) is 14.8 Å². The molecule has 7 aromatic rings. The lowest BCUT2D eigenvalue weighted by molar-refractivity contribution is 0.0695. The van der Waals surface area contributed by atoms with Crippen LogP contribution in [0.5, 0.6) is 0 Å². The van der Waals surface area contributed by atoms with Crippen LogP contribution in [0.25, 0.3) is 22.3 Å². The molecule has 1 fully saturated rings. The van der Waals surface area contributed by atoms with Crippen LogP contribution >= 0.6 is 110 Å². The summed E-state index contributed by atoms with van der Waals surface area (Å²) in [6.07, 6.45) is 2.56. The number of nitrogens with one attached hydrogen (secondary N) is 1. The molecule has 2 N–H and O–H groups in total. The minimum absolute atomic E-state index is 0.106. The molecule has 0 bridgehead atoms. The van der Waals surface area contributed by atoms with Crippen molar-refractivity contribution in [3.8, 4) is 11.4 Å². The zero-order chi connectivity index (χ0) is 45.2. The maximum absolute atomic E-state index is 12.0. The fraction of sp³-hybridized carbons (Fsp3) is 0.149. The van der Waals surface area contributed by atoms with E-state index >= 15 is 0 Å². The molecular weight excluding hydrogens is 1130 g/mol. The lowest BCUT2D eigenvalue weighted by Gasteiger charge is -2.13. The van der Waals surface area contributed by atoms with Crippen LogP contribution in [0.2, 0.25) is 20.1 Å². The summed E-state index contributed by atoms with van der Waals surface area (Å²) in [5.41, 5.74) is 4.11. The van der Waals surface area contributed by atoms with Crippen LogP contribution in [-0.4, -0.2) is 40.2 Å². The van der Waals surface area contributed by atoms with Crippen molar-refractivity contribution in [1.29, 1.82) is 0 Å². The molecule has 2 heterocycles. The molecule has 0 atom stereocenters. The Morgan fingerprint density at radius 1 is 0.645 bits per heavy atom. The van der Waals surface area contributed by atoms with E-state index in [9.17, 15) is 9.59 Å². The molecule has 15 heteroatoms. The van der Waals surface area contributed by atoms with Gasteiger partial charge in [-0.2, -0.15) is 0 Å². The molecule has 322 valence electrons. The number of benzene rings is 6. The van der Waals surface area contributed by atoms with E-state index in [1.54, 1.807) is 30.3 Å². The van der Waals surface area contributed by atoms with Crippen LogP contribution in [-0.2, 0) is 4.74 Å². The Kier molecular flexibility index (Phi) is 21.9. The highest BCUT2D eigenvalue weighted by atomic mass is 79.9. The number of amides is 1. The van der Waals surface area contributed by atoms with Gasteiger partial charge >= 0.3 is 5.97 Å². The lowest BCUT2D eigenvalue weighted by atomic mass is 10.0. The van der Waals surface area contributed by atoms with E-state index in [0.717, 1.165) is 55.0 Å². The van der Waals surface area contributed by atoms with Crippen LogP contribution in [0.15, 0.2) is 151 Å². The number of halogens is 8. The van der Waals surface area contributed by atoms with Crippen molar-refractivity contribution in [2.24, 2.45) is 0 Å². The maximum Gasteiger partial charge on any atom is 0.338 e. The van der Waals surface area contributed by atoms with Gasteiger partial charge in [0.2, 0.25) is 0 Å². The second kappa shape index (κ2) is 26.4. The Balaban J connectivity index is 0.000000184. The Hall–Kier alpha value is -3.36. The number of carboxylic acid groups (broad SMARTS) is 1. The number of hydrogen-bond donors (Lipinski definition) is 2. The van der Waals surface area contributed by atoms with E-state index in [4.69, 9.17) is 61.2 Å². The zero-order valence-electron chi connectivity index (χ0n) is 33.2. The van der Waals surface area contributed by atoms with Gasteiger partial charge < -0.3 is 15.2 Å². The number of nitrogens with zero attached hydrogens (tertiary/aromatic N) is 2. The summed E-state index contributed by atoms with van der Waals surface area (Å²) in [6, 6.07) is 40.7. The number of fused-ring (bicyclic) bond motifs is 1. The lowest BCUT2D eigenvalue weighted by Crippen LogP contribution is -2.13. The molecule has 8 rings (SSSR count). The third kappa shape index (κ3) is 16.0. The van der Waals surface area contributed by atoms with Crippen molar-refractivity contribution >= 4 is 139 Å². The smallest absolute Gasteiger partial charge is 0.338 e. The average molecular weight is 1170 g/mol. The van der Waals surface area contributed by atoms with Crippen molar-refractivity contribution in [2.75, 3.05) is 18.5 Å². The van der Waals surface area contributed by atoms with Crippen molar-refractivity contribution in [2.45, 2.75) is 32.6 Å². The number of anilines is 1. The fourth-order valence-corrected chi connectivity index (χ4v) is 8.93. The molecule has 0 spiro atoms. The topological polar surface area (TPSA) is 101 Å². The van der Waals surface area contributed by atoms with E-state index < -0.39 is 5.97 Å². The van der Waals surface area contributed by atoms with Gasteiger partial charge in [0, 0.05) is 47.2 Å². The Bertz CT molecular complexity index is 2500. The van der Waals surface area contributed by atoms with E-state index in [1.807, 2.05) is 91.0 Å². The Labute approximate surface area is 415 Å². The third-order valence-corrected chi connectivity index (χ3v) is 12.0. The summed E-state index contributed by atoms with van der Waals surface area (Å²) >= 11 is 36.8. The molecule has 1 aliphatic heterocycles. The monoisotopic (exact) mass is 1160 g/mol. The van der Waals surface area contributed by atoms with Crippen molar-refractivity contribution in [1.82, 2.24) is 9.97 Å². The van der Waals surface area contributed by atoms with Gasteiger partial charge in [-0.15, -0.1) is 0 Å². The SMILES string of the molecule is C1CCOC1.CC(C)c1nc(-c2c(Cl)cccc2Br)nc2ccccc12.Clc1cccc(Br)c1.O=C(Nc1ccccc1)c1c(Cl)cccc1Br.O=C(O)c1c(Cl)cccc1Br. The van der Waals surface area contributed by atoms with Gasteiger partial charge in [0.15, 0.2) is 5.82 Å². The molecule has 1 aromatic heterocycles. The van der Waals surface area contributed by atoms with Gasteiger partial charge in [-0.05, 0) is 139 Å². The van der Waals surface area contributed by atoms with Crippen LogP contribution in [0.4, 0.5) is 5.69 Å². The molecule has 7 nitrogen and oxygen atoms in total. The predicted octanol–water partition coefficient (Wildman–Crippen LogP) is 16.9. The van der Waals surface area contributed by atoms with Crippen molar-refractivity contribution in [3.05, 3.63) is 188 Å². The number of para-hydroxylation sites is 2. The van der Waals surface area contributed by atoms with Crippen LogP contribution in [0.1, 0.15) is 59.0 Å². The predicted molar refractivity (Wildman–Crippen MR) is 271 cm³/mol. The maximum atomic E-state index is 12.0. The number of aromatic carboxylic acids is 1. The number of rotatable bonds is 5. The highest BCUT2D eigenvalue weighted by Gasteiger charge is 2.17. The highest BCUT2D eigenvalue weighted by molar-refractivity contribution is 9.11. The largest absolute Gasteiger partial charge is 0.478 e. The second-order valence-electron chi connectivity index (χ2n) is 13.3. The molecule has 0 aliphatic carbocycles. The minimum Gasteiger partial charge on any atom is -0.478 e. The first-order valence-corrected chi connectivity index (χ1v) is 23.5. The number of aromatic nitrogens is 2. The first-order valence-electron chi connectivity index (χ1n) is 18.9. The minimum atomic E-state index is -1.03. The third-order valence-electron chi connectivity index (χ3n) is 8.38.